The van der Waals surface area contributed by atoms with Gasteiger partial charge >= 0.3 is 0 Å². The van der Waals surface area contributed by atoms with Crippen molar-refractivity contribution < 1.29 is 0 Å². The lowest BCUT2D eigenvalue weighted by atomic mass is 10.1. The van der Waals surface area contributed by atoms with Crippen LogP contribution in [-0.2, 0) is 0 Å². The van der Waals surface area contributed by atoms with Gasteiger partial charge in [0.1, 0.15) is 5.82 Å². The van der Waals surface area contributed by atoms with Crippen molar-refractivity contribution >= 4 is 22.5 Å². The molecule has 0 saturated heterocycles. The Hall–Kier alpha value is -2.42. The predicted octanol–water partition coefficient (Wildman–Crippen LogP) is 3.99. The standard InChI is InChI=1S/C16H15N3/c1-11-7-12(2)9-13(8-11)18-16-10-17-14-5-3-4-6-15(14)19-16/h3-10H,1-2H3,(H,18,19). The normalized spacial score (nSPS) is 10.6. The second-order valence-corrected chi connectivity index (χ2v) is 4.75. The Bertz CT molecular complexity index is 715. The van der Waals surface area contributed by atoms with Gasteiger partial charge in [-0.15, -0.1) is 0 Å². The lowest BCUT2D eigenvalue weighted by Crippen LogP contribution is -1.96. The Labute approximate surface area is 112 Å². The molecule has 0 fully saturated rings. The van der Waals surface area contributed by atoms with Crippen molar-refractivity contribution in [2.75, 3.05) is 5.32 Å². The molecule has 0 saturated carbocycles. The molecule has 0 spiro atoms. The molecule has 2 aromatic carbocycles. The summed E-state index contributed by atoms with van der Waals surface area (Å²) in [7, 11) is 0. The van der Waals surface area contributed by atoms with E-state index in [-0.39, 0.29) is 0 Å². The Morgan fingerprint density at radius 1 is 0.895 bits per heavy atom. The van der Waals surface area contributed by atoms with Crippen molar-refractivity contribution in [3.63, 3.8) is 0 Å². The number of benzene rings is 2. The quantitative estimate of drug-likeness (QED) is 0.746. The number of aromatic nitrogens is 2. The Morgan fingerprint density at radius 2 is 1.58 bits per heavy atom. The fourth-order valence-electron chi connectivity index (χ4n) is 2.21. The first-order valence-corrected chi connectivity index (χ1v) is 6.28. The van der Waals surface area contributed by atoms with Gasteiger partial charge in [-0.1, -0.05) is 18.2 Å². The number of nitrogens with zero attached hydrogens (tertiary/aromatic N) is 2. The van der Waals surface area contributed by atoms with Gasteiger partial charge in [0.15, 0.2) is 0 Å². The summed E-state index contributed by atoms with van der Waals surface area (Å²) in [5, 5.41) is 3.30. The monoisotopic (exact) mass is 249 g/mol. The van der Waals surface area contributed by atoms with E-state index in [2.05, 4.69) is 47.3 Å². The molecule has 0 radical (unpaired) electrons. The van der Waals surface area contributed by atoms with Crippen LogP contribution in [0.4, 0.5) is 11.5 Å². The molecule has 1 heterocycles. The molecule has 0 aliphatic carbocycles. The Balaban J connectivity index is 1.96. The molecule has 0 unspecified atom stereocenters. The summed E-state index contributed by atoms with van der Waals surface area (Å²) in [4.78, 5) is 8.95. The maximum atomic E-state index is 4.56. The minimum Gasteiger partial charge on any atom is -0.339 e. The second-order valence-electron chi connectivity index (χ2n) is 4.75. The fourth-order valence-corrected chi connectivity index (χ4v) is 2.21. The molecule has 3 heteroatoms. The number of rotatable bonds is 2. The highest BCUT2D eigenvalue weighted by Gasteiger charge is 2.01. The van der Waals surface area contributed by atoms with Crippen molar-refractivity contribution in [2.24, 2.45) is 0 Å². The van der Waals surface area contributed by atoms with Crippen LogP contribution in [0.15, 0.2) is 48.7 Å². The molecule has 3 aromatic rings. The average molecular weight is 249 g/mol. The van der Waals surface area contributed by atoms with E-state index in [4.69, 9.17) is 0 Å². The molecule has 19 heavy (non-hydrogen) atoms. The van der Waals surface area contributed by atoms with E-state index in [1.54, 1.807) is 6.20 Å². The summed E-state index contributed by atoms with van der Waals surface area (Å²) in [6.45, 7) is 4.18. The summed E-state index contributed by atoms with van der Waals surface area (Å²) in [5.74, 6) is 0.767. The molecule has 3 nitrogen and oxygen atoms in total. The molecule has 1 aromatic heterocycles. The second kappa shape index (κ2) is 4.69. The van der Waals surface area contributed by atoms with Gasteiger partial charge in [0, 0.05) is 5.69 Å². The van der Waals surface area contributed by atoms with Crippen molar-refractivity contribution in [3.8, 4) is 0 Å². The molecular formula is C16H15N3. The van der Waals surface area contributed by atoms with E-state index < -0.39 is 0 Å². The number of nitrogens with one attached hydrogen (secondary N) is 1. The van der Waals surface area contributed by atoms with Crippen LogP contribution in [0.1, 0.15) is 11.1 Å². The SMILES string of the molecule is Cc1cc(C)cc(Nc2cnc3ccccc3n2)c1. The van der Waals surface area contributed by atoms with Gasteiger partial charge in [-0.25, -0.2) is 4.98 Å². The summed E-state index contributed by atoms with van der Waals surface area (Å²) in [5.41, 5.74) is 5.32. The van der Waals surface area contributed by atoms with Crippen molar-refractivity contribution in [1.82, 2.24) is 9.97 Å². The van der Waals surface area contributed by atoms with Crippen LogP contribution in [0.5, 0.6) is 0 Å². The highest BCUT2D eigenvalue weighted by molar-refractivity contribution is 5.76. The minimum atomic E-state index is 0.767. The molecule has 94 valence electrons. The molecule has 1 N–H and O–H groups in total. The maximum absolute atomic E-state index is 4.56. The van der Waals surface area contributed by atoms with Gasteiger partial charge in [0.05, 0.1) is 17.2 Å². The highest BCUT2D eigenvalue weighted by atomic mass is 15.0. The van der Waals surface area contributed by atoms with Crippen LogP contribution in [0, 0.1) is 13.8 Å². The minimum absolute atomic E-state index is 0.767. The molecule has 0 aliphatic rings. The third kappa shape index (κ3) is 2.55. The van der Waals surface area contributed by atoms with Crippen LogP contribution in [0.3, 0.4) is 0 Å². The van der Waals surface area contributed by atoms with Gasteiger partial charge < -0.3 is 5.32 Å². The number of hydrogen-bond acceptors (Lipinski definition) is 3. The number of fused-ring (bicyclic) bond motifs is 1. The summed E-state index contributed by atoms with van der Waals surface area (Å²) >= 11 is 0. The van der Waals surface area contributed by atoms with Crippen molar-refractivity contribution in [3.05, 3.63) is 59.8 Å². The summed E-state index contributed by atoms with van der Waals surface area (Å²) < 4.78 is 0. The molecule has 0 bridgehead atoms. The molecule has 0 atom stereocenters. The fraction of sp³-hybridized carbons (Fsp3) is 0.125. The van der Waals surface area contributed by atoms with E-state index >= 15 is 0 Å². The van der Waals surface area contributed by atoms with Gasteiger partial charge in [-0.05, 0) is 49.2 Å². The predicted molar refractivity (Wildman–Crippen MR) is 78.7 cm³/mol. The summed E-state index contributed by atoms with van der Waals surface area (Å²) in [6.07, 6.45) is 1.76. The number of hydrogen-bond donors (Lipinski definition) is 1. The lowest BCUT2D eigenvalue weighted by molar-refractivity contribution is 1.27. The van der Waals surface area contributed by atoms with Gasteiger partial charge in [-0.2, -0.15) is 0 Å². The van der Waals surface area contributed by atoms with Crippen LogP contribution in [0.2, 0.25) is 0 Å². The van der Waals surface area contributed by atoms with Crippen LogP contribution in [-0.4, -0.2) is 9.97 Å². The Morgan fingerprint density at radius 3 is 2.32 bits per heavy atom. The summed E-state index contributed by atoms with van der Waals surface area (Å²) in [6, 6.07) is 14.2. The molecule has 0 aliphatic heterocycles. The maximum Gasteiger partial charge on any atom is 0.149 e. The Kier molecular flexibility index (Phi) is 2.88. The first-order valence-electron chi connectivity index (χ1n) is 6.28. The van der Waals surface area contributed by atoms with Crippen molar-refractivity contribution in [2.45, 2.75) is 13.8 Å². The first-order chi connectivity index (χ1) is 9.20. The highest BCUT2D eigenvalue weighted by Crippen LogP contribution is 2.19. The van der Waals surface area contributed by atoms with E-state index in [0.29, 0.717) is 0 Å². The number of para-hydroxylation sites is 2. The van der Waals surface area contributed by atoms with E-state index in [0.717, 1.165) is 22.5 Å². The van der Waals surface area contributed by atoms with Crippen LogP contribution in [0.25, 0.3) is 11.0 Å². The topological polar surface area (TPSA) is 37.8 Å². The largest absolute Gasteiger partial charge is 0.339 e. The van der Waals surface area contributed by atoms with Crippen LogP contribution >= 0.6 is 0 Å². The van der Waals surface area contributed by atoms with Gasteiger partial charge in [0.2, 0.25) is 0 Å². The van der Waals surface area contributed by atoms with Crippen molar-refractivity contribution in [1.29, 1.82) is 0 Å². The number of aryl methyl sites for hydroxylation is 2. The zero-order chi connectivity index (χ0) is 13.2. The average Bonchev–Trinajstić information content (AvgIpc) is 2.37. The number of anilines is 2. The van der Waals surface area contributed by atoms with E-state index in [1.807, 2.05) is 24.3 Å². The molecule has 3 rings (SSSR count). The molecule has 0 amide bonds. The molecular weight excluding hydrogens is 234 g/mol. The first kappa shape index (κ1) is 11.7. The van der Waals surface area contributed by atoms with Gasteiger partial charge in [0.25, 0.3) is 0 Å². The van der Waals surface area contributed by atoms with Crippen LogP contribution < -0.4 is 5.32 Å². The van der Waals surface area contributed by atoms with Gasteiger partial charge in [-0.3, -0.25) is 4.98 Å². The zero-order valence-electron chi connectivity index (χ0n) is 11.0. The third-order valence-electron chi connectivity index (χ3n) is 2.94. The van der Waals surface area contributed by atoms with E-state index in [1.165, 1.54) is 11.1 Å². The smallest absolute Gasteiger partial charge is 0.149 e. The van der Waals surface area contributed by atoms with E-state index in [9.17, 15) is 0 Å². The zero-order valence-corrected chi connectivity index (χ0v) is 11.0. The lowest BCUT2D eigenvalue weighted by Gasteiger charge is -2.08. The third-order valence-corrected chi connectivity index (χ3v) is 2.94.